The Morgan fingerprint density at radius 2 is 1.84 bits per heavy atom. The van der Waals surface area contributed by atoms with Gasteiger partial charge in [-0.15, -0.1) is 0 Å². The van der Waals surface area contributed by atoms with Crippen LogP contribution in [0.25, 0.3) is 0 Å². The lowest BCUT2D eigenvalue weighted by atomic mass is 9.88. The van der Waals surface area contributed by atoms with Gasteiger partial charge in [0.1, 0.15) is 6.23 Å². The van der Waals surface area contributed by atoms with Crippen LogP contribution in [0, 0.1) is 5.92 Å². The summed E-state index contributed by atoms with van der Waals surface area (Å²) >= 11 is 0. The van der Waals surface area contributed by atoms with E-state index in [1.165, 1.54) is 18.4 Å². The number of rotatable bonds is 3. The molecule has 3 N–H and O–H groups in total. The third-order valence-corrected chi connectivity index (χ3v) is 4.36. The van der Waals surface area contributed by atoms with Crippen LogP contribution in [0.2, 0.25) is 0 Å². The summed E-state index contributed by atoms with van der Waals surface area (Å²) in [5.74, 6) is 0.691. The maximum Gasteiger partial charge on any atom is 0.118 e. The predicted octanol–water partition coefficient (Wildman–Crippen LogP) is 1.08. The number of aliphatic hydroxyl groups is 1. The van der Waals surface area contributed by atoms with Crippen molar-refractivity contribution in [2.45, 2.75) is 38.1 Å². The quantitative estimate of drug-likeness (QED) is 0.762. The SMILES string of the molecule is OC1CC(C2CCN(Cc3ccccc3)CC2)NN1. The zero-order valence-electron chi connectivity index (χ0n) is 11.3. The van der Waals surface area contributed by atoms with E-state index in [0.29, 0.717) is 12.0 Å². The zero-order chi connectivity index (χ0) is 13.1. The highest BCUT2D eigenvalue weighted by Crippen LogP contribution is 2.25. The maximum atomic E-state index is 9.49. The molecule has 0 aliphatic carbocycles. The average Bonchev–Trinajstić information content (AvgIpc) is 2.87. The van der Waals surface area contributed by atoms with Crippen molar-refractivity contribution in [3.8, 4) is 0 Å². The zero-order valence-corrected chi connectivity index (χ0v) is 11.3. The van der Waals surface area contributed by atoms with Gasteiger partial charge in [0, 0.05) is 19.0 Å². The molecule has 2 unspecified atom stereocenters. The van der Waals surface area contributed by atoms with E-state index in [1.54, 1.807) is 0 Å². The molecule has 2 atom stereocenters. The van der Waals surface area contributed by atoms with Crippen LogP contribution in [0.3, 0.4) is 0 Å². The number of piperidine rings is 1. The van der Waals surface area contributed by atoms with E-state index in [1.807, 2.05) is 0 Å². The van der Waals surface area contributed by atoms with Gasteiger partial charge in [-0.2, -0.15) is 0 Å². The minimum atomic E-state index is -0.368. The van der Waals surface area contributed by atoms with Crippen LogP contribution in [-0.2, 0) is 6.54 Å². The van der Waals surface area contributed by atoms with Crippen molar-refractivity contribution >= 4 is 0 Å². The highest BCUT2D eigenvalue weighted by molar-refractivity contribution is 5.14. The molecular weight excluding hydrogens is 238 g/mol. The summed E-state index contributed by atoms with van der Waals surface area (Å²) in [4.78, 5) is 2.53. The molecule has 2 heterocycles. The van der Waals surface area contributed by atoms with Gasteiger partial charge in [0.25, 0.3) is 0 Å². The van der Waals surface area contributed by atoms with Gasteiger partial charge in [-0.1, -0.05) is 30.3 Å². The molecule has 2 aliphatic heterocycles. The minimum absolute atomic E-state index is 0.368. The summed E-state index contributed by atoms with van der Waals surface area (Å²) in [7, 11) is 0. The molecular formula is C15H23N3O. The number of nitrogens with zero attached hydrogens (tertiary/aromatic N) is 1. The van der Waals surface area contributed by atoms with Crippen molar-refractivity contribution in [2.75, 3.05) is 13.1 Å². The van der Waals surface area contributed by atoms with Crippen LogP contribution in [0.15, 0.2) is 30.3 Å². The van der Waals surface area contributed by atoms with Crippen LogP contribution in [0.5, 0.6) is 0 Å². The van der Waals surface area contributed by atoms with Crippen molar-refractivity contribution in [2.24, 2.45) is 5.92 Å². The second-order valence-electron chi connectivity index (χ2n) is 5.75. The first-order chi connectivity index (χ1) is 9.31. The minimum Gasteiger partial charge on any atom is -0.377 e. The lowest BCUT2D eigenvalue weighted by Crippen LogP contribution is -2.42. The van der Waals surface area contributed by atoms with Crippen molar-refractivity contribution in [1.29, 1.82) is 0 Å². The third-order valence-electron chi connectivity index (χ3n) is 4.36. The average molecular weight is 261 g/mol. The van der Waals surface area contributed by atoms with E-state index in [-0.39, 0.29) is 6.23 Å². The molecule has 0 bridgehead atoms. The third kappa shape index (κ3) is 3.34. The molecule has 0 saturated carbocycles. The van der Waals surface area contributed by atoms with E-state index in [4.69, 9.17) is 0 Å². The fourth-order valence-corrected chi connectivity index (χ4v) is 3.23. The lowest BCUT2D eigenvalue weighted by molar-refractivity contribution is 0.142. The van der Waals surface area contributed by atoms with Gasteiger partial charge < -0.3 is 5.11 Å². The molecule has 1 aromatic carbocycles. The lowest BCUT2D eigenvalue weighted by Gasteiger charge is -2.34. The topological polar surface area (TPSA) is 47.5 Å². The number of likely N-dealkylation sites (tertiary alicyclic amines) is 1. The summed E-state index contributed by atoms with van der Waals surface area (Å²) in [6, 6.07) is 11.1. The van der Waals surface area contributed by atoms with Gasteiger partial charge in [0.2, 0.25) is 0 Å². The first-order valence-corrected chi connectivity index (χ1v) is 7.26. The Kier molecular flexibility index (Phi) is 4.13. The van der Waals surface area contributed by atoms with Gasteiger partial charge >= 0.3 is 0 Å². The summed E-state index contributed by atoms with van der Waals surface area (Å²) in [6.07, 6.45) is 2.91. The van der Waals surface area contributed by atoms with Gasteiger partial charge in [-0.25, -0.2) is 5.43 Å². The van der Waals surface area contributed by atoms with E-state index in [9.17, 15) is 5.11 Å². The monoisotopic (exact) mass is 261 g/mol. The molecule has 2 fully saturated rings. The molecule has 0 spiro atoms. The smallest absolute Gasteiger partial charge is 0.118 e. The van der Waals surface area contributed by atoms with E-state index in [0.717, 1.165) is 26.1 Å². The molecule has 2 aliphatic rings. The van der Waals surface area contributed by atoms with Crippen molar-refractivity contribution < 1.29 is 5.11 Å². The Balaban J connectivity index is 1.47. The predicted molar refractivity (Wildman–Crippen MR) is 75.1 cm³/mol. The number of aliphatic hydroxyl groups excluding tert-OH is 1. The van der Waals surface area contributed by atoms with Gasteiger partial charge in [0.15, 0.2) is 0 Å². The van der Waals surface area contributed by atoms with E-state index in [2.05, 4.69) is 46.1 Å². The van der Waals surface area contributed by atoms with E-state index >= 15 is 0 Å². The van der Waals surface area contributed by atoms with Crippen LogP contribution in [0.1, 0.15) is 24.8 Å². The Labute approximate surface area is 114 Å². The number of benzene rings is 1. The van der Waals surface area contributed by atoms with Crippen LogP contribution >= 0.6 is 0 Å². The second kappa shape index (κ2) is 6.01. The Bertz CT molecular complexity index is 390. The normalized spacial score (nSPS) is 29.7. The molecule has 0 amide bonds. The fourth-order valence-electron chi connectivity index (χ4n) is 3.23. The summed E-state index contributed by atoms with van der Waals surface area (Å²) in [5.41, 5.74) is 7.53. The summed E-state index contributed by atoms with van der Waals surface area (Å²) < 4.78 is 0. The fraction of sp³-hybridized carbons (Fsp3) is 0.600. The highest BCUT2D eigenvalue weighted by atomic mass is 16.3. The molecule has 4 heteroatoms. The molecule has 1 aromatic rings. The molecule has 0 radical (unpaired) electrons. The van der Waals surface area contributed by atoms with Gasteiger partial charge in [-0.05, 0) is 37.4 Å². The first-order valence-electron chi connectivity index (χ1n) is 7.26. The molecule has 0 aromatic heterocycles. The Hall–Kier alpha value is -0.940. The van der Waals surface area contributed by atoms with Crippen LogP contribution in [0.4, 0.5) is 0 Å². The number of hydrazine groups is 1. The van der Waals surface area contributed by atoms with Crippen molar-refractivity contribution in [1.82, 2.24) is 15.8 Å². The molecule has 104 valence electrons. The van der Waals surface area contributed by atoms with Crippen LogP contribution in [-0.4, -0.2) is 35.4 Å². The first kappa shape index (κ1) is 13.1. The molecule has 4 nitrogen and oxygen atoms in total. The molecule has 2 saturated heterocycles. The summed E-state index contributed by atoms with van der Waals surface area (Å²) in [6.45, 7) is 3.38. The standard InChI is InChI=1S/C15H23N3O/c19-15-10-14(16-17-15)13-6-8-18(9-7-13)11-12-4-2-1-3-5-12/h1-5,13-17,19H,6-11H2. The number of hydrogen-bond acceptors (Lipinski definition) is 4. The Morgan fingerprint density at radius 3 is 2.47 bits per heavy atom. The molecule has 3 rings (SSSR count). The second-order valence-corrected chi connectivity index (χ2v) is 5.75. The van der Waals surface area contributed by atoms with Crippen molar-refractivity contribution in [3.05, 3.63) is 35.9 Å². The highest BCUT2D eigenvalue weighted by Gasteiger charge is 2.31. The van der Waals surface area contributed by atoms with E-state index < -0.39 is 0 Å². The largest absolute Gasteiger partial charge is 0.377 e. The van der Waals surface area contributed by atoms with Crippen LogP contribution < -0.4 is 10.9 Å². The Morgan fingerprint density at radius 1 is 1.11 bits per heavy atom. The number of nitrogens with one attached hydrogen (secondary N) is 2. The summed E-state index contributed by atoms with van der Waals surface area (Å²) in [5, 5.41) is 9.49. The number of hydrogen-bond donors (Lipinski definition) is 3. The molecule has 19 heavy (non-hydrogen) atoms. The van der Waals surface area contributed by atoms with Gasteiger partial charge in [-0.3, -0.25) is 10.3 Å². The van der Waals surface area contributed by atoms with Crippen molar-refractivity contribution in [3.63, 3.8) is 0 Å². The maximum absolute atomic E-state index is 9.49. The van der Waals surface area contributed by atoms with Gasteiger partial charge in [0.05, 0.1) is 0 Å².